The van der Waals surface area contributed by atoms with E-state index < -0.39 is 5.97 Å². The average molecular weight is 255 g/mol. The zero-order valence-electron chi connectivity index (χ0n) is 10.4. The molecule has 1 aromatic rings. The lowest BCUT2D eigenvalue weighted by Crippen LogP contribution is -2.31. The number of aromatic carboxylic acids is 1. The zero-order valence-corrected chi connectivity index (χ0v) is 10.4. The third-order valence-electron chi connectivity index (χ3n) is 2.23. The first-order chi connectivity index (χ1) is 8.45. The summed E-state index contributed by atoms with van der Waals surface area (Å²) in [5, 5.41) is 18.8. The number of nitrogens with two attached hydrogens (primary N) is 1. The summed E-state index contributed by atoms with van der Waals surface area (Å²) < 4.78 is 1.35. The van der Waals surface area contributed by atoms with Crippen LogP contribution in [0.1, 0.15) is 36.5 Å². The van der Waals surface area contributed by atoms with Crippen molar-refractivity contribution in [3.8, 4) is 0 Å². The van der Waals surface area contributed by atoms with Crippen molar-refractivity contribution in [2.75, 3.05) is 0 Å². The van der Waals surface area contributed by atoms with Crippen molar-refractivity contribution in [1.29, 1.82) is 0 Å². The summed E-state index contributed by atoms with van der Waals surface area (Å²) in [6.07, 6.45) is 0.202. The summed E-state index contributed by atoms with van der Waals surface area (Å²) in [4.78, 5) is 22.3. The van der Waals surface area contributed by atoms with Gasteiger partial charge in [0.25, 0.3) is 0 Å². The molecule has 1 aromatic heterocycles. The van der Waals surface area contributed by atoms with Gasteiger partial charge in [-0.15, -0.1) is 5.10 Å². The highest BCUT2D eigenvalue weighted by Gasteiger charge is 2.17. The highest BCUT2D eigenvalue weighted by atomic mass is 16.4. The molecule has 0 spiro atoms. The topological polar surface area (TPSA) is 123 Å². The Labute approximate surface area is 104 Å². The molecule has 0 unspecified atom stereocenters. The number of aryl methyl sites for hydroxylation is 1. The molecule has 0 aromatic carbocycles. The minimum Gasteiger partial charge on any atom is -0.476 e. The average Bonchev–Trinajstić information content (AvgIpc) is 2.68. The van der Waals surface area contributed by atoms with E-state index in [1.165, 1.54) is 4.68 Å². The highest BCUT2D eigenvalue weighted by Crippen LogP contribution is 2.05. The van der Waals surface area contributed by atoms with Crippen molar-refractivity contribution in [2.24, 2.45) is 5.73 Å². The van der Waals surface area contributed by atoms with Crippen molar-refractivity contribution in [3.63, 3.8) is 0 Å². The maximum Gasteiger partial charge on any atom is 0.358 e. The quantitative estimate of drug-likeness (QED) is 0.620. The molecule has 0 fully saturated rings. The Morgan fingerprint density at radius 2 is 2.17 bits per heavy atom. The van der Waals surface area contributed by atoms with E-state index in [0.717, 1.165) is 0 Å². The standard InChI is InChI=1S/C10H17N5O3/c1-6(2)12-8(16)3-4-15-7(5-11)9(10(17)18)13-14-15/h6H,3-5,11H2,1-2H3,(H,12,16)(H,17,18). The van der Waals surface area contributed by atoms with Crippen LogP contribution in [-0.4, -0.2) is 38.0 Å². The smallest absolute Gasteiger partial charge is 0.358 e. The molecular formula is C10H17N5O3. The van der Waals surface area contributed by atoms with Gasteiger partial charge in [-0.2, -0.15) is 0 Å². The zero-order chi connectivity index (χ0) is 13.7. The number of nitrogens with zero attached hydrogens (tertiary/aromatic N) is 3. The molecule has 18 heavy (non-hydrogen) atoms. The molecular weight excluding hydrogens is 238 g/mol. The van der Waals surface area contributed by atoms with Crippen LogP contribution in [0, 0.1) is 0 Å². The van der Waals surface area contributed by atoms with E-state index in [-0.39, 0.29) is 37.2 Å². The fourth-order valence-electron chi connectivity index (χ4n) is 1.48. The first kappa shape index (κ1) is 14.1. The number of rotatable bonds is 6. The molecule has 0 atom stereocenters. The molecule has 0 saturated heterocycles. The summed E-state index contributed by atoms with van der Waals surface area (Å²) in [5.74, 6) is -1.30. The van der Waals surface area contributed by atoms with Crippen molar-refractivity contribution >= 4 is 11.9 Å². The largest absolute Gasteiger partial charge is 0.476 e. The van der Waals surface area contributed by atoms with Crippen LogP contribution in [-0.2, 0) is 17.9 Å². The number of aromatic nitrogens is 3. The lowest BCUT2D eigenvalue weighted by atomic mass is 10.3. The highest BCUT2D eigenvalue weighted by molar-refractivity contribution is 5.86. The van der Waals surface area contributed by atoms with Gasteiger partial charge in [0.05, 0.1) is 12.2 Å². The van der Waals surface area contributed by atoms with Gasteiger partial charge in [0, 0.05) is 19.0 Å². The van der Waals surface area contributed by atoms with Gasteiger partial charge in [-0.05, 0) is 13.8 Å². The third-order valence-corrected chi connectivity index (χ3v) is 2.23. The van der Waals surface area contributed by atoms with E-state index in [1.807, 2.05) is 13.8 Å². The van der Waals surface area contributed by atoms with Crippen LogP contribution in [0.25, 0.3) is 0 Å². The summed E-state index contributed by atoms with van der Waals surface area (Å²) in [6, 6.07) is 0.0665. The van der Waals surface area contributed by atoms with Gasteiger partial charge < -0.3 is 16.2 Å². The lowest BCUT2D eigenvalue weighted by Gasteiger charge is -2.08. The second-order valence-electron chi connectivity index (χ2n) is 4.09. The second-order valence-corrected chi connectivity index (χ2v) is 4.09. The normalized spacial score (nSPS) is 10.7. The van der Waals surface area contributed by atoms with Crippen molar-refractivity contribution in [2.45, 2.75) is 39.4 Å². The molecule has 4 N–H and O–H groups in total. The molecule has 0 aliphatic rings. The minimum atomic E-state index is -1.17. The molecule has 0 saturated carbocycles. The van der Waals surface area contributed by atoms with E-state index >= 15 is 0 Å². The fourth-order valence-corrected chi connectivity index (χ4v) is 1.48. The van der Waals surface area contributed by atoms with Gasteiger partial charge in [-0.3, -0.25) is 4.79 Å². The lowest BCUT2D eigenvalue weighted by molar-refractivity contribution is -0.121. The van der Waals surface area contributed by atoms with Crippen LogP contribution in [0.2, 0.25) is 0 Å². The number of carbonyl (C=O) groups excluding carboxylic acids is 1. The third kappa shape index (κ3) is 3.52. The second kappa shape index (κ2) is 6.10. The first-order valence-electron chi connectivity index (χ1n) is 5.60. The summed E-state index contributed by atoms with van der Waals surface area (Å²) in [7, 11) is 0. The minimum absolute atomic E-state index is 0.0143. The van der Waals surface area contributed by atoms with E-state index in [2.05, 4.69) is 15.6 Å². The van der Waals surface area contributed by atoms with E-state index in [9.17, 15) is 9.59 Å². The number of amides is 1. The number of carboxylic acids is 1. The van der Waals surface area contributed by atoms with Crippen molar-refractivity contribution in [1.82, 2.24) is 20.3 Å². The van der Waals surface area contributed by atoms with Gasteiger partial charge in [0.2, 0.25) is 5.91 Å². The number of carboxylic acid groups (broad SMARTS) is 1. The Bertz CT molecular complexity index is 441. The fraction of sp³-hybridized carbons (Fsp3) is 0.600. The number of nitrogens with one attached hydrogen (secondary N) is 1. The molecule has 0 bridgehead atoms. The van der Waals surface area contributed by atoms with Crippen LogP contribution < -0.4 is 11.1 Å². The first-order valence-corrected chi connectivity index (χ1v) is 5.60. The van der Waals surface area contributed by atoms with Crippen LogP contribution >= 0.6 is 0 Å². The number of hydrogen-bond acceptors (Lipinski definition) is 5. The molecule has 0 aliphatic carbocycles. The molecule has 8 heteroatoms. The summed E-state index contributed by atoms with van der Waals surface area (Å²) in [6.45, 7) is 3.99. The Hall–Kier alpha value is -1.96. The van der Waals surface area contributed by atoms with Crippen molar-refractivity contribution in [3.05, 3.63) is 11.4 Å². The molecule has 8 nitrogen and oxygen atoms in total. The van der Waals surface area contributed by atoms with Gasteiger partial charge in [-0.25, -0.2) is 9.48 Å². The summed E-state index contributed by atoms with van der Waals surface area (Å²) >= 11 is 0. The Morgan fingerprint density at radius 3 is 2.67 bits per heavy atom. The van der Waals surface area contributed by atoms with Gasteiger partial charge >= 0.3 is 5.97 Å². The molecule has 1 rings (SSSR count). The predicted octanol–water partition coefficient (Wildman–Crippen LogP) is -0.650. The summed E-state index contributed by atoms with van der Waals surface area (Å²) in [5.41, 5.74) is 5.61. The van der Waals surface area contributed by atoms with E-state index in [4.69, 9.17) is 10.8 Å². The van der Waals surface area contributed by atoms with Gasteiger partial charge in [0.15, 0.2) is 5.69 Å². The van der Waals surface area contributed by atoms with Crippen LogP contribution in [0.3, 0.4) is 0 Å². The Morgan fingerprint density at radius 1 is 1.50 bits per heavy atom. The monoisotopic (exact) mass is 255 g/mol. The van der Waals surface area contributed by atoms with Crippen molar-refractivity contribution < 1.29 is 14.7 Å². The van der Waals surface area contributed by atoms with E-state index in [1.54, 1.807) is 0 Å². The van der Waals surface area contributed by atoms with Crippen LogP contribution in [0.4, 0.5) is 0 Å². The maximum absolute atomic E-state index is 11.4. The Kier molecular flexibility index (Phi) is 4.78. The molecule has 0 radical (unpaired) electrons. The number of hydrogen-bond donors (Lipinski definition) is 3. The SMILES string of the molecule is CC(C)NC(=O)CCn1nnc(C(=O)O)c1CN. The molecule has 1 amide bonds. The number of carbonyl (C=O) groups is 2. The van der Waals surface area contributed by atoms with E-state index in [0.29, 0.717) is 5.69 Å². The Balaban J connectivity index is 2.68. The van der Waals surface area contributed by atoms with Crippen LogP contribution in [0.5, 0.6) is 0 Å². The molecule has 0 aliphatic heterocycles. The molecule has 100 valence electrons. The van der Waals surface area contributed by atoms with Crippen LogP contribution in [0.15, 0.2) is 0 Å². The van der Waals surface area contributed by atoms with Gasteiger partial charge in [-0.1, -0.05) is 5.21 Å². The maximum atomic E-state index is 11.4. The molecule has 1 heterocycles. The predicted molar refractivity (Wildman–Crippen MR) is 62.8 cm³/mol. The van der Waals surface area contributed by atoms with Gasteiger partial charge in [0.1, 0.15) is 0 Å².